The maximum atomic E-state index is 12.8. The predicted octanol–water partition coefficient (Wildman–Crippen LogP) is 4.73. The molecule has 0 bridgehead atoms. The minimum absolute atomic E-state index is 0.200. The van der Waals surface area contributed by atoms with Crippen LogP contribution >= 0.6 is 0 Å². The van der Waals surface area contributed by atoms with E-state index in [1.807, 2.05) is 54.6 Å². The maximum absolute atomic E-state index is 12.8. The Morgan fingerprint density at radius 3 is 2.36 bits per heavy atom. The van der Waals surface area contributed by atoms with Crippen LogP contribution in [0.1, 0.15) is 46.2 Å². The van der Waals surface area contributed by atoms with E-state index < -0.39 is 0 Å². The lowest BCUT2D eigenvalue weighted by Crippen LogP contribution is -2.26. The molecule has 2 amide bonds. The second-order valence-corrected chi connectivity index (χ2v) is 6.83. The Bertz CT molecular complexity index is 984. The number of nitrogens with zero attached hydrogens (tertiary/aromatic N) is 2. The van der Waals surface area contributed by atoms with Crippen LogP contribution in [-0.2, 0) is 0 Å². The number of nitrogens with one attached hydrogen (secondary N) is 1. The molecule has 3 rings (SSSR count). The van der Waals surface area contributed by atoms with Gasteiger partial charge < -0.3 is 10.2 Å². The van der Waals surface area contributed by atoms with Gasteiger partial charge >= 0.3 is 0 Å². The van der Waals surface area contributed by atoms with E-state index in [-0.39, 0.29) is 23.4 Å². The fourth-order valence-corrected chi connectivity index (χ4v) is 2.95. The first-order chi connectivity index (χ1) is 13.5. The van der Waals surface area contributed by atoms with Crippen LogP contribution in [0.3, 0.4) is 0 Å². The average Bonchev–Trinajstić information content (AvgIpc) is 2.73. The highest BCUT2D eigenvalue weighted by Crippen LogP contribution is 2.24. The Hall–Kier alpha value is -3.47. The lowest BCUT2D eigenvalue weighted by molar-refractivity contribution is 0.0993. The summed E-state index contributed by atoms with van der Waals surface area (Å²) in [5, 5.41) is 2.91. The van der Waals surface area contributed by atoms with E-state index in [2.05, 4.69) is 24.1 Å². The minimum Gasteiger partial charge on any atom is -0.320 e. The first-order valence-corrected chi connectivity index (χ1v) is 9.17. The molecule has 142 valence electrons. The maximum Gasteiger partial charge on any atom is 0.274 e. The van der Waals surface area contributed by atoms with Crippen molar-refractivity contribution in [3.63, 3.8) is 0 Å². The normalized spacial score (nSPS) is 10.6. The van der Waals surface area contributed by atoms with Gasteiger partial charge in [0.25, 0.3) is 11.8 Å². The highest BCUT2D eigenvalue weighted by Gasteiger charge is 2.17. The molecule has 3 aromatic rings. The van der Waals surface area contributed by atoms with Gasteiger partial charge in [-0.3, -0.25) is 14.6 Å². The van der Waals surface area contributed by atoms with Crippen molar-refractivity contribution in [2.75, 3.05) is 17.3 Å². The lowest BCUT2D eigenvalue weighted by Gasteiger charge is -2.17. The van der Waals surface area contributed by atoms with Gasteiger partial charge in [-0.1, -0.05) is 50.2 Å². The molecule has 0 spiro atoms. The van der Waals surface area contributed by atoms with Crippen molar-refractivity contribution in [2.24, 2.45) is 0 Å². The number of amides is 2. The van der Waals surface area contributed by atoms with Gasteiger partial charge in [-0.2, -0.15) is 0 Å². The van der Waals surface area contributed by atoms with Crippen LogP contribution in [0.2, 0.25) is 0 Å². The zero-order valence-corrected chi connectivity index (χ0v) is 16.2. The molecule has 0 aliphatic heterocycles. The summed E-state index contributed by atoms with van der Waals surface area (Å²) in [4.78, 5) is 31.2. The monoisotopic (exact) mass is 373 g/mol. The number of carbonyl (C=O) groups is 2. The molecule has 0 atom stereocenters. The summed E-state index contributed by atoms with van der Waals surface area (Å²) in [6.45, 7) is 4.14. The number of aromatic nitrogens is 1. The van der Waals surface area contributed by atoms with E-state index in [0.717, 1.165) is 16.9 Å². The molecule has 0 aliphatic rings. The van der Waals surface area contributed by atoms with Crippen molar-refractivity contribution in [2.45, 2.75) is 19.8 Å². The molecule has 2 aromatic carbocycles. The number of hydrogen-bond donors (Lipinski definition) is 1. The van der Waals surface area contributed by atoms with Gasteiger partial charge in [0.05, 0.1) is 0 Å². The smallest absolute Gasteiger partial charge is 0.274 e. The summed E-state index contributed by atoms with van der Waals surface area (Å²) in [5.74, 6) is -0.271. The first kappa shape index (κ1) is 19.3. The first-order valence-electron chi connectivity index (χ1n) is 9.17. The number of hydrogen-bond acceptors (Lipinski definition) is 3. The van der Waals surface area contributed by atoms with Crippen LogP contribution in [0, 0.1) is 0 Å². The molecule has 1 aromatic heterocycles. The summed E-state index contributed by atoms with van der Waals surface area (Å²) in [7, 11) is 1.71. The number of benzene rings is 2. The van der Waals surface area contributed by atoms with Crippen molar-refractivity contribution in [1.29, 1.82) is 0 Å². The number of anilines is 2. The van der Waals surface area contributed by atoms with Gasteiger partial charge in [-0.05, 0) is 41.8 Å². The van der Waals surface area contributed by atoms with Crippen LogP contribution < -0.4 is 10.2 Å². The van der Waals surface area contributed by atoms with E-state index >= 15 is 0 Å². The molecule has 28 heavy (non-hydrogen) atoms. The number of para-hydroxylation sites is 2. The Balaban J connectivity index is 1.81. The molecule has 0 aliphatic carbocycles. The van der Waals surface area contributed by atoms with Crippen LogP contribution in [0.25, 0.3) is 0 Å². The van der Waals surface area contributed by atoms with E-state index in [1.165, 1.54) is 12.3 Å². The van der Waals surface area contributed by atoms with Crippen LogP contribution in [0.15, 0.2) is 72.9 Å². The molecule has 0 saturated carbocycles. The fourth-order valence-electron chi connectivity index (χ4n) is 2.95. The average molecular weight is 373 g/mol. The summed E-state index contributed by atoms with van der Waals surface area (Å²) in [5.41, 5.74) is 3.19. The Morgan fingerprint density at radius 1 is 0.964 bits per heavy atom. The largest absolute Gasteiger partial charge is 0.320 e. The van der Waals surface area contributed by atoms with Gasteiger partial charge in [-0.15, -0.1) is 0 Å². The quantitative estimate of drug-likeness (QED) is 0.703. The second-order valence-electron chi connectivity index (χ2n) is 6.83. The molecular formula is C23H23N3O2. The summed E-state index contributed by atoms with van der Waals surface area (Å²) in [6, 6.07) is 20.2. The zero-order valence-electron chi connectivity index (χ0n) is 16.2. The van der Waals surface area contributed by atoms with Crippen molar-refractivity contribution in [3.05, 3.63) is 89.7 Å². The second kappa shape index (κ2) is 8.48. The van der Waals surface area contributed by atoms with Crippen molar-refractivity contribution in [1.82, 2.24) is 4.98 Å². The van der Waals surface area contributed by atoms with Crippen molar-refractivity contribution >= 4 is 23.2 Å². The van der Waals surface area contributed by atoms with E-state index in [0.29, 0.717) is 5.56 Å². The summed E-state index contributed by atoms with van der Waals surface area (Å²) >= 11 is 0. The van der Waals surface area contributed by atoms with Crippen LogP contribution in [0.5, 0.6) is 0 Å². The molecular weight excluding hydrogens is 350 g/mol. The zero-order chi connectivity index (χ0) is 20.1. The molecule has 0 saturated heterocycles. The van der Waals surface area contributed by atoms with Gasteiger partial charge in [0.15, 0.2) is 0 Å². The topological polar surface area (TPSA) is 62.3 Å². The van der Waals surface area contributed by atoms with Crippen molar-refractivity contribution < 1.29 is 9.59 Å². The van der Waals surface area contributed by atoms with E-state index in [4.69, 9.17) is 0 Å². The molecule has 0 fully saturated rings. The highest BCUT2D eigenvalue weighted by molar-refractivity contribution is 6.08. The Labute approximate surface area is 165 Å². The molecule has 5 heteroatoms. The highest BCUT2D eigenvalue weighted by atomic mass is 16.2. The number of carbonyl (C=O) groups excluding carboxylic acids is 2. The van der Waals surface area contributed by atoms with Gasteiger partial charge in [0.2, 0.25) is 0 Å². The third kappa shape index (κ3) is 4.26. The summed E-state index contributed by atoms with van der Waals surface area (Å²) < 4.78 is 0. The fraction of sp³-hybridized carbons (Fsp3) is 0.174. The molecule has 0 radical (unpaired) electrons. The van der Waals surface area contributed by atoms with Crippen LogP contribution in [0.4, 0.5) is 11.4 Å². The molecule has 5 nitrogen and oxygen atoms in total. The van der Waals surface area contributed by atoms with Crippen LogP contribution in [-0.4, -0.2) is 23.8 Å². The van der Waals surface area contributed by atoms with Gasteiger partial charge in [-0.25, -0.2) is 0 Å². The van der Waals surface area contributed by atoms with Gasteiger partial charge in [0, 0.05) is 30.2 Å². The van der Waals surface area contributed by atoms with E-state index in [9.17, 15) is 9.59 Å². The van der Waals surface area contributed by atoms with Crippen molar-refractivity contribution in [3.8, 4) is 0 Å². The minimum atomic E-state index is -0.342. The SMILES string of the molecule is CC(C)c1ccccc1NC(=O)c1cc(C(=O)N(C)c2ccccc2)ccn1. The predicted molar refractivity (Wildman–Crippen MR) is 112 cm³/mol. The molecule has 1 heterocycles. The van der Waals surface area contributed by atoms with E-state index in [1.54, 1.807) is 18.0 Å². The number of pyridine rings is 1. The molecule has 0 unspecified atom stereocenters. The standard InChI is InChI=1S/C23H23N3O2/c1-16(2)19-11-7-8-12-20(19)25-22(27)21-15-17(13-14-24-21)23(28)26(3)18-9-5-4-6-10-18/h4-16H,1-3H3,(H,25,27). The Morgan fingerprint density at radius 2 is 1.64 bits per heavy atom. The van der Waals surface area contributed by atoms with Gasteiger partial charge in [0.1, 0.15) is 5.69 Å². The molecule has 1 N–H and O–H groups in total. The Kier molecular flexibility index (Phi) is 5.84. The lowest BCUT2D eigenvalue weighted by atomic mass is 10.0. The third-order valence-corrected chi connectivity index (χ3v) is 4.52. The summed E-state index contributed by atoms with van der Waals surface area (Å²) in [6.07, 6.45) is 1.48. The third-order valence-electron chi connectivity index (χ3n) is 4.52. The number of rotatable bonds is 5.